The lowest BCUT2D eigenvalue weighted by molar-refractivity contribution is -0.113. The molecule has 0 saturated carbocycles. The lowest BCUT2D eigenvalue weighted by atomic mass is 10.0. The van der Waals surface area contributed by atoms with Crippen LogP contribution in [0.5, 0.6) is 0 Å². The Morgan fingerprint density at radius 1 is 1.21 bits per heavy atom. The first-order chi connectivity index (χ1) is 13.9. The second kappa shape index (κ2) is 9.05. The minimum absolute atomic E-state index is 0.101. The molecular weight excluding hydrogens is 391 g/mol. The number of hydrogen-bond acceptors (Lipinski definition) is 3. The van der Waals surface area contributed by atoms with Crippen molar-refractivity contribution in [1.29, 1.82) is 0 Å². The summed E-state index contributed by atoms with van der Waals surface area (Å²) in [5, 5.41) is 3.20. The summed E-state index contributed by atoms with van der Waals surface area (Å²) in [6.07, 6.45) is 5.88. The van der Waals surface area contributed by atoms with Crippen LogP contribution in [0, 0.1) is 5.82 Å². The highest BCUT2D eigenvalue weighted by atomic mass is 35.5. The topological polar surface area (TPSA) is 49.4 Å². The number of aldehydes is 1. The van der Waals surface area contributed by atoms with Gasteiger partial charge in [0.05, 0.1) is 10.7 Å². The third-order valence-electron chi connectivity index (χ3n) is 4.70. The fourth-order valence-corrected chi connectivity index (χ4v) is 3.43. The molecule has 6 heteroatoms. The third-order valence-corrected chi connectivity index (χ3v) is 5.04. The van der Waals surface area contributed by atoms with Crippen molar-refractivity contribution in [2.75, 3.05) is 5.32 Å². The molecule has 0 fully saturated rings. The molecular formula is C23H22ClFN2O2. The fraction of sp³-hybridized carbons (Fsp3) is 0.217. The van der Waals surface area contributed by atoms with E-state index >= 15 is 0 Å². The Morgan fingerprint density at radius 2 is 1.93 bits per heavy atom. The van der Waals surface area contributed by atoms with E-state index in [0.717, 1.165) is 11.3 Å². The Bertz CT molecular complexity index is 981. The normalized spacial score (nSPS) is 14.2. The molecule has 0 unspecified atom stereocenters. The minimum atomic E-state index is -0.330. The molecule has 0 aliphatic carbocycles. The van der Waals surface area contributed by atoms with Crippen LogP contribution in [-0.4, -0.2) is 23.1 Å². The number of benzene rings is 2. The summed E-state index contributed by atoms with van der Waals surface area (Å²) >= 11 is 5.97. The molecule has 2 aromatic rings. The van der Waals surface area contributed by atoms with Crippen LogP contribution >= 0.6 is 11.6 Å². The van der Waals surface area contributed by atoms with Crippen LogP contribution in [0.15, 0.2) is 60.3 Å². The average Bonchev–Trinajstić information content (AvgIpc) is 2.93. The van der Waals surface area contributed by atoms with Gasteiger partial charge in [-0.25, -0.2) is 4.39 Å². The Labute approximate surface area is 174 Å². The highest BCUT2D eigenvalue weighted by Crippen LogP contribution is 2.32. The molecule has 4 nitrogen and oxygen atoms in total. The standard InChI is InChI=1S/C23H22ClFN2O2/c1-15(2)27-12-4-3-5-20(22(27)16-6-8-18(25)9-7-16)23(29)26-19-10-11-21(24)17(13-19)14-28/h4,6-15H,3,5H2,1-2H3,(H,26,29). The molecule has 0 saturated heterocycles. The highest BCUT2D eigenvalue weighted by Gasteiger charge is 2.24. The number of allylic oxidation sites excluding steroid dienone is 1. The Kier molecular flexibility index (Phi) is 6.49. The molecule has 1 aliphatic heterocycles. The summed E-state index contributed by atoms with van der Waals surface area (Å²) in [6.45, 7) is 4.06. The van der Waals surface area contributed by atoms with Gasteiger partial charge in [0, 0.05) is 29.1 Å². The van der Waals surface area contributed by atoms with E-state index in [-0.39, 0.29) is 17.8 Å². The lowest BCUT2D eigenvalue weighted by Gasteiger charge is -2.29. The van der Waals surface area contributed by atoms with E-state index < -0.39 is 0 Å². The molecule has 0 aromatic heterocycles. The number of halogens is 2. The maximum absolute atomic E-state index is 13.5. The van der Waals surface area contributed by atoms with Gasteiger partial charge in [0.1, 0.15) is 5.82 Å². The molecule has 1 heterocycles. The van der Waals surface area contributed by atoms with Crippen molar-refractivity contribution in [3.05, 3.63) is 82.3 Å². The van der Waals surface area contributed by atoms with Gasteiger partial charge in [0.2, 0.25) is 0 Å². The fourth-order valence-electron chi connectivity index (χ4n) is 3.27. The molecule has 2 aromatic carbocycles. The van der Waals surface area contributed by atoms with E-state index in [2.05, 4.69) is 5.32 Å². The molecule has 1 amide bonds. The van der Waals surface area contributed by atoms with Crippen LogP contribution in [0.3, 0.4) is 0 Å². The van der Waals surface area contributed by atoms with Crippen LogP contribution in [0.2, 0.25) is 5.02 Å². The van der Waals surface area contributed by atoms with Crippen LogP contribution in [0.4, 0.5) is 10.1 Å². The molecule has 3 rings (SSSR count). The van der Waals surface area contributed by atoms with Gasteiger partial charge in [-0.1, -0.05) is 17.7 Å². The summed E-state index contributed by atoms with van der Waals surface area (Å²) in [7, 11) is 0. The molecule has 1 aliphatic rings. The number of anilines is 1. The van der Waals surface area contributed by atoms with Crippen LogP contribution < -0.4 is 5.32 Å². The number of hydrogen-bond donors (Lipinski definition) is 1. The number of rotatable bonds is 5. The summed E-state index contributed by atoms with van der Waals surface area (Å²) in [4.78, 5) is 26.4. The minimum Gasteiger partial charge on any atom is -0.345 e. The second-order valence-corrected chi connectivity index (χ2v) is 7.47. The Morgan fingerprint density at radius 3 is 2.59 bits per heavy atom. The average molecular weight is 413 g/mol. The van der Waals surface area contributed by atoms with E-state index in [9.17, 15) is 14.0 Å². The van der Waals surface area contributed by atoms with E-state index in [1.165, 1.54) is 12.1 Å². The molecule has 0 radical (unpaired) electrons. The lowest BCUT2D eigenvalue weighted by Crippen LogP contribution is -2.27. The van der Waals surface area contributed by atoms with Crippen LogP contribution in [0.25, 0.3) is 5.70 Å². The summed E-state index contributed by atoms with van der Waals surface area (Å²) < 4.78 is 13.5. The number of nitrogens with one attached hydrogen (secondary N) is 1. The van der Waals surface area contributed by atoms with Gasteiger partial charge >= 0.3 is 0 Å². The van der Waals surface area contributed by atoms with Gasteiger partial charge in [-0.05, 0) is 74.7 Å². The molecule has 1 N–H and O–H groups in total. The quantitative estimate of drug-likeness (QED) is 0.644. The molecule has 150 valence electrons. The Balaban J connectivity index is 2.05. The van der Waals surface area contributed by atoms with Crippen molar-refractivity contribution >= 4 is 35.2 Å². The van der Waals surface area contributed by atoms with Gasteiger partial charge < -0.3 is 10.2 Å². The van der Waals surface area contributed by atoms with Crippen molar-refractivity contribution in [2.45, 2.75) is 32.7 Å². The molecule has 29 heavy (non-hydrogen) atoms. The van der Waals surface area contributed by atoms with Crippen LogP contribution in [-0.2, 0) is 4.79 Å². The Hall–Kier alpha value is -2.92. The zero-order valence-electron chi connectivity index (χ0n) is 16.3. The van der Waals surface area contributed by atoms with Crippen molar-refractivity contribution in [3.8, 4) is 0 Å². The van der Waals surface area contributed by atoms with Gasteiger partial charge in [0.25, 0.3) is 5.91 Å². The maximum atomic E-state index is 13.5. The number of carbonyl (C=O) groups excluding carboxylic acids is 2. The number of amides is 1. The van der Waals surface area contributed by atoms with E-state index in [1.54, 1.807) is 30.3 Å². The van der Waals surface area contributed by atoms with E-state index in [1.807, 2.05) is 31.0 Å². The smallest absolute Gasteiger partial charge is 0.253 e. The van der Waals surface area contributed by atoms with Crippen molar-refractivity contribution in [2.24, 2.45) is 0 Å². The van der Waals surface area contributed by atoms with Gasteiger partial charge in [-0.2, -0.15) is 0 Å². The maximum Gasteiger partial charge on any atom is 0.253 e. The van der Waals surface area contributed by atoms with Gasteiger partial charge in [-0.15, -0.1) is 0 Å². The second-order valence-electron chi connectivity index (χ2n) is 7.07. The first-order valence-corrected chi connectivity index (χ1v) is 9.78. The van der Waals surface area contributed by atoms with E-state index in [0.29, 0.717) is 41.0 Å². The van der Waals surface area contributed by atoms with Crippen molar-refractivity contribution in [3.63, 3.8) is 0 Å². The number of carbonyl (C=O) groups is 2. The summed E-state index contributed by atoms with van der Waals surface area (Å²) in [5.41, 5.74) is 2.90. The third kappa shape index (κ3) is 4.74. The summed E-state index contributed by atoms with van der Waals surface area (Å²) in [6, 6.07) is 11.0. The number of nitrogens with zero attached hydrogens (tertiary/aromatic N) is 1. The predicted octanol–water partition coefficient (Wildman–Crippen LogP) is 5.66. The summed E-state index contributed by atoms with van der Waals surface area (Å²) in [5.74, 6) is -0.596. The van der Waals surface area contributed by atoms with Crippen molar-refractivity contribution in [1.82, 2.24) is 4.90 Å². The van der Waals surface area contributed by atoms with E-state index in [4.69, 9.17) is 11.6 Å². The zero-order chi connectivity index (χ0) is 21.0. The predicted molar refractivity (Wildman–Crippen MR) is 114 cm³/mol. The van der Waals surface area contributed by atoms with Crippen LogP contribution in [0.1, 0.15) is 42.6 Å². The van der Waals surface area contributed by atoms with Gasteiger partial charge in [0.15, 0.2) is 6.29 Å². The zero-order valence-corrected chi connectivity index (χ0v) is 17.0. The molecule has 0 spiro atoms. The van der Waals surface area contributed by atoms with Crippen molar-refractivity contribution < 1.29 is 14.0 Å². The SMILES string of the molecule is CC(C)N1C=CCCC(C(=O)Nc2ccc(Cl)c(C=O)c2)=C1c1ccc(F)cc1. The van der Waals surface area contributed by atoms with Gasteiger partial charge in [-0.3, -0.25) is 9.59 Å². The first kappa shape index (κ1) is 20.8. The first-order valence-electron chi connectivity index (χ1n) is 9.41. The highest BCUT2D eigenvalue weighted by molar-refractivity contribution is 6.33. The monoisotopic (exact) mass is 412 g/mol. The molecule has 0 atom stereocenters. The molecule has 0 bridgehead atoms. The largest absolute Gasteiger partial charge is 0.345 e.